The van der Waals surface area contributed by atoms with Gasteiger partial charge in [-0.15, -0.1) is 0 Å². The minimum absolute atomic E-state index is 0.0475. The molecule has 2 aliphatic rings. The van der Waals surface area contributed by atoms with E-state index < -0.39 is 5.97 Å². The Kier molecular flexibility index (Phi) is 5.86. The average Bonchev–Trinajstić information content (AvgIpc) is 2.61. The Balaban J connectivity index is 1.46. The smallest absolute Gasteiger partial charge is 0.335 e. The van der Waals surface area contributed by atoms with Crippen molar-refractivity contribution in [2.45, 2.75) is 43.9 Å². The molecule has 3 N–H and O–H groups in total. The van der Waals surface area contributed by atoms with Crippen LogP contribution in [0.25, 0.3) is 0 Å². The van der Waals surface area contributed by atoms with E-state index in [9.17, 15) is 9.59 Å². The first-order chi connectivity index (χ1) is 12.1. The molecule has 1 atom stereocenters. The van der Waals surface area contributed by atoms with Crippen LogP contribution in [0.4, 0.5) is 4.79 Å². The number of ether oxygens (including phenoxy) is 1. The Morgan fingerprint density at radius 3 is 2.64 bits per heavy atom. The van der Waals surface area contributed by atoms with Crippen LogP contribution in [0.2, 0.25) is 0 Å². The number of rotatable bonds is 4. The number of amides is 2. The molecule has 0 saturated carbocycles. The summed E-state index contributed by atoms with van der Waals surface area (Å²) in [5.74, 6) is 1.31. The minimum atomic E-state index is -0.952. The van der Waals surface area contributed by atoms with Gasteiger partial charge in [0.25, 0.3) is 0 Å². The molecule has 0 aromatic heterocycles. The lowest BCUT2D eigenvalue weighted by Gasteiger charge is -2.43. The topological polar surface area (TPSA) is 87.7 Å². The third-order valence-electron chi connectivity index (χ3n) is 4.89. The summed E-state index contributed by atoms with van der Waals surface area (Å²) in [6.07, 6.45) is 3.85. The Labute approximate surface area is 151 Å². The molecule has 25 heavy (non-hydrogen) atoms. The standard InChI is InChI=1S/C18H24N2O4S/c21-16(22)14-3-1-13(2-4-14)12-19-17(23)20-15-5-8-24-18(11-15)6-9-25-10-7-18/h1-4,15H,5-12H2,(H,21,22)(H2,19,20,23). The van der Waals surface area contributed by atoms with E-state index in [1.807, 2.05) is 11.8 Å². The summed E-state index contributed by atoms with van der Waals surface area (Å²) >= 11 is 1.97. The Morgan fingerprint density at radius 2 is 1.96 bits per heavy atom. The Bertz CT molecular complexity index is 608. The first-order valence-electron chi connectivity index (χ1n) is 8.65. The summed E-state index contributed by atoms with van der Waals surface area (Å²) in [5.41, 5.74) is 1.06. The zero-order valence-electron chi connectivity index (χ0n) is 14.1. The largest absolute Gasteiger partial charge is 0.478 e. The molecular weight excluding hydrogens is 340 g/mol. The second-order valence-corrected chi connectivity index (χ2v) is 7.89. The Hall–Kier alpha value is -1.73. The Morgan fingerprint density at radius 1 is 1.24 bits per heavy atom. The molecule has 3 rings (SSSR count). The molecule has 1 aromatic rings. The highest BCUT2D eigenvalue weighted by Crippen LogP contribution is 2.37. The van der Waals surface area contributed by atoms with E-state index in [1.54, 1.807) is 24.3 Å². The van der Waals surface area contributed by atoms with E-state index in [-0.39, 0.29) is 23.2 Å². The van der Waals surface area contributed by atoms with Crippen LogP contribution in [0, 0.1) is 0 Å². The van der Waals surface area contributed by atoms with Crippen molar-refractivity contribution in [1.29, 1.82) is 0 Å². The SMILES string of the molecule is O=C(NCc1ccc(C(=O)O)cc1)NC1CCOC2(CCSCC2)C1. The maximum Gasteiger partial charge on any atom is 0.335 e. The van der Waals surface area contributed by atoms with Crippen molar-refractivity contribution in [3.63, 3.8) is 0 Å². The van der Waals surface area contributed by atoms with Crippen molar-refractivity contribution in [1.82, 2.24) is 10.6 Å². The molecule has 2 saturated heterocycles. The first kappa shape index (κ1) is 18.1. The van der Waals surface area contributed by atoms with Crippen LogP contribution < -0.4 is 10.6 Å². The highest BCUT2D eigenvalue weighted by Gasteiger charge is 2.39. The molecular formula is C18H24N2O4S. The van der Waals surface area contributed by atoms with Gasteiger partial charge in [-0.3, -0.25) is 0 Å². The van der Waals surface area contributed by atoms with Crippen molar-refractivity contribution in [2.24, 2.45) is 0 Å². The fourth-order valence-corrected chi connectivity index (χ4v) is 4.66. The minimum Gasteiger partial charge on any atom is -0.478 e. The molecule has 0 radical (unpaired) electrons. The highest BCUT2D eigenvalue weighted by molar-refractivity contribution is 7.99. The molecule has 2 aliphatic heterocycles. The van der Waals surface area contributed by atoms with Gasteiger partial charge in [0, 0.05) is 19.2 Å². The van der Waals surface area contributed by atoms with Gasteiger partial charge in [0.05, 0.1) is 11.2 Å². The van der Waals surface area contributed by atoms with E-state index in [0.717, 1.165) is 42.8 Å². The van der Waals surface area contributed by atoms with Crippen LogP contribution in [0.15, 0.2) is 24.3 Å². The van der Waals surface area contributed by atoms with Crippen LogP contribution in [0.1, 0.15) is 41.6 Å². The summed E-state index contributed by atoms with van der Waals surface area (Å²) in [7, 11) is 0. The van der Waals surface area contributed by atoms with Crippen molar-refractivity contribution in [3.05, 3.63) is 35.4 Å². The number of aromatic carboxylic acids is 1. The van der Waals surface area contributed by atoms with Crippen molar-refractivity contribution < 1.29 is 19.4 Å². The number of hydrogen-bond acceptors (Lipinski definition) is 4. The van der Waals surface area contributed by atoms with Crippen LogP contribution >= 0.6 is 11.8 Å². The molecule has 2 amide bonds. The maximum absolute atomic E-state index is 12.2. The van der Waals surface area contributed by atoms with Gasteiger partial charge in [0.1, 0.15) is 0 Å². The zero-order chi connectivity index (χ0) is 17.7. The number of hydrogen-bond donors (Lipinski definition) is 3. The second kappa shape index (κ2) is 8.10. The normalized spacial score (nSPS) is 22.3. The average molecular weight is 364 g/mol. The van der Waals surface area contributed by atoms with Crippen molar-refractivity contribution >= 4 is 23.8 Å². The third kappa shape index (κ3) is 4.89. The molecule has 2 fully saturated rings. The number of carboxylic acid groups (broad SMARTS) is 1. The second-order valence-electron chi connectivity index (χ2n) is 6.66. The van der Waals surface area contributed by atoms with Crippen molar-refractivity contribution in [2.75, 3.05) is 18.1 Å². The van der Waals surface area contributed by atoms with E-state index in [2.05, 4.69) is 10.6 Å². The lowest BCUT2D eigenvalue weighted by atomic mass is 9.85. The van der Waals surface area contributed by atoms with Gasteiger partial charge in [-0.1, -0.05) is 12.1 Å². The van der Waals surface area contributed by atoms with Gasteiger partial charge < -0.3 is 20.5 Å². The molecule has 6 nitrogen and oxygen atoms in total. The van der Waals surface area contributed by atoms with Crippen molar-refractivity contribution in [3.8, 4) is 0 Å². The summed E-state index contributed by atoms with van der Waals surface area (Å²) in [4.78, 5) is 23.0. The summed E-state index contributed by atoms with van der Waals surface area (Å²) < 4.78 is 6.05. The molecule has 1 unspecified atom stereocenters. The molecule has 1 spiro atoms. The lowest BCUT2D eigenvalue weighted by molar-refractivity contribution is -0.0916. The van der Waals surface area contributed by atoms with E-state index in [1.165, 1.54) is 0 Å². The van der Waals surface area contributed by atoms with Crippen LogP contribution in [-0.4, -0.2) is 46.9 Å². The van der Waals surface area contributed by atoms with Crippen LogP contribution in [-0.2, 0) is 11.3 Å². The number of carbonyl (C=O) groups excluding carboxylic acids is 1. The molecule has 1 aromatic carbocycles. The monoisotopic (exact) mass is 364 g/mol. The van der Waals surface area contributed by atoms with Gasteiger partial charge in [0.2, 0.25) is 0 Å². The summed E-state index contributed by atoms with van der Waals surface area (Å²) in [6.45, 7) is 1.07. The summed E-state index contributed by atoms with van der Waals surface area (Å²) in [6, 6.07) is 6.47. The molecule has 136 valence electrons. The predicted octanol–water partition coefficient (Wildman–Crippen LogP) is 2.63. The van der Waals surface area contributed by atoms with Gasteiger partial charge in [-0.2, -0.15) is 11.8 Å². The number of urea groups is 1. The van der Waals surface area contributed by atoms with Gasteiger partial charge in [-0.25, -0.2) is 9.59 Å². The van der Waals surface area contributed by atoms with Gasteiger partial charge >= 0.3 is 12.0 Å². The van der Waals surface area contributed by atoms with E-state index >= 15 is 0 Å². The van der Waals surface area contributed by atoms with Crippen LogP contribution in [0.5, 0.6) is 0 Å². The fraction of sp³-hybridized carbons (Fsp3) is 0.556. The van der Waals surface area contributed by atoms with E-state index in [4.69, 9.17) is 9.84 Å². The third-order valence-corrected chi connectivity index (χ3v) is 5.87. The quantitative estimate of drug-likeness (QED) is 0.764. The van der Waals surface area contributed by atoms with Crippen LogP contribution in [0.3, 0.4) is 0 Å². The number of nitrogens with one attached hydrogen (secondary N) is 2. The molecule has 7 heteroatoms. The first-order valence-corrected chi connectivity index (χ1v) is 9.80. The van der Waals surface area contributed by atoms with E-state index in [0.29, 0.717) is 13.2 Å². The van der Waals surface area contributed by atoms with Gasteiger partial charge in [-0.05, 0) is 54.9 Å². The highest BCUT2D eigenvalue weighted by atomic mass is 32.2. The molecule has 2 heterocycles. The summed E-state index contributed by atoms with van der Waals surface area (Å²) in [5, 5.41) is 14.8. The predicted molar refractivity (Wildman–Crippen MR) is 97.0 cm³/mol. The number of carbonyl (C=O) groups is 2. The molecule has 0 aliphatic carbocycles. The lowest BCUT2D eigenvalue weighted by Crippen LogP contribution is -2.51. The van der Waals surface area contributed by atoms with Gasteiger partial charge in [0.15, 0.2) is 0 Å². The maximum atomic E-state index is 12.2. The number of benzene rings is 1. The number of carboxylic acids is 1. The number of thioether (sulfide) groups is 1. The zero-order valence-corrected chi connectivity index (χ0v) is 14.9. The fourth-order valence-electron chi connectivity index (χ4n) is 3.43. The molecule has 0 bridgehead atoms.